The molecule has 86 heavy (non-hydrogen) atoms. The summed E-state index contributed by atoms with van der Waals surface area (Å²) in [5.74, 6) is -5.56. The molecular formula is C61H87N15O9S. The fourth-order valence-electron chi connectivity index (χ4n) is 10.9. The summed E-state index contributed by atoms with van der Waals surface area (Å²) >= 11 is 1.56. The van der Waals surface area contributed by atoms with Gasteiger partial charge in [0.2, 0.25) is 53.2 Å². The average molecular weight is 1210 g/mol. The summed E-state index contributed by atoms with van der Waals surface area (Å²) < 4.78 is 0. The average Bonchev–Trinajstić information content (AvgIpc) is 3.17. The highest BCUT2D eigenvalue weighted by molar-refractivity contribution is 7.98. The van der Waals surface area contributed by atoms with Crippen molar-refractivity contribution < 1.29 is 43.2 Å². The number of carbonyl (C=O) groups is 9. The van der Waals surface area contributed by atoms with Crippen molar-refractivity contribution in [2.45, 2.75) is 152 Å². The highest BCUT2D eigenvalue weighted by Gasteiger charge is 2.41. The molecule has 0 bridgehead atoms. The zero-order valence-corrected chi connectivity index (χ0v) is 50.3. The zero-order valence-electron chi connectivity index (χ0n) is 49.5. The van der Waals surface area contributed by atoms with Gasteiger partial charge in [0.1, 0.15) is 48.3 Å². The van der Waals surface area contributed by atoms with Gasteiger partial charge in [-0.05, 0) is 111 Å². The maximum atomic E-state index is 15.2. The van der Waals surface area contributed by atoms with Crippen LogP contribution < -0.4 is 60.6 Å². The minimum atomic E-state index is -1.40. The van der Waals surface area contributed by atoms with Crippen molar-refractivity contribution >= 4 is 81.8 Å². The maximum absolute atomic E-state index is 15.2. The number of nitrogens with zero attached hydrogens (tertiary/aromatic N) is 3. The molecule has 3 heterocycles. The molecule has 0 saturated carbocycles. The Labute approximate surface area is 506 Å². The molecule has 24 nitrogen and oxygen atoms in total. The van der Waals surface area contributed by atoms with E-state index in [-0.39, 0.29) is 69.4 Å². The highest BCUT2D eigenvalue weighted by atomic mass is 32.2. The van der Waals surface area contributed by atoms with Crippen LogP contribution >= 0.6 is 11.8 Å². The number of hydrogen-bond acceptors (Lipinski definition) is 13. The molecule has 9 unspecified atom stereocenters. The molecule has 6 rings (SSSR count). The largest absolute Gasteiger partial charge is 0.370 e. The van der Waals surface area contributed by atoms with Crippen LogP contribution in [0.3, 0.4) is 0 Å². The summed E-state index contributed by atoms with van der Waals surface area (Å²) in [5, 5.41) is 17.9. The first-order valence-corrected chi connectivity index (χ1v) is 31.0. The number of carbonyl (C=O) groups excluding carboxylic acids is 9. The molecule has 0 radical (unpaired) electrons. The lowest BCUT2D eigenvalue weighted by Gasteiger charge is -2.31. The van der Waals surface area contributed by atoms with E-state index >= 15 is 9.59 Å². The van der Waals surface area contributed by atoms with Gasteiger partial charge in [0.15, 0.2) is 5.96 Å². The summed E-state index contributed by atoms with van der Waals surface area (Å²) in [6.07, 6.45) is 6.83. The Morgan fingerprint density at radius 1 is 0.605 bits per heavy atom. The van der Waals surface area contributed by atoms with Crippen LogP contribution in [0.2, 0.25) is 0 Å². The van der Waals surface area contributed by atoms with E-state index in [2.05, 4.69) is 41.9 Å². The minimum Gasteiger partial charge on any atom is -0.370 e. The van der Waals surface area contributed by atoms with Crippen molar-refractivity contribution in [3.05, 3.63) is 108 Å². The van der Waals surface area contributed by atoms with E-state index < -0.39 is 102 Å². The van der Waals surface area contributed by atoms with E-state index in [1.165, 1.54) is 9.80 Å². The molecule has 9 amide bonds. The van der Waals surface area contributed by atoms with Crippen molar-refractivity contribution in [3.63, 3.8) is 0 Å². The third kappa shape index (κ3) is 19.5. The third-order valence-corrected chi connectivity index (χ3v) is 16.2. The molecule has 4 aromatic rings. The Kier molecular flexibility index (Phi) is 26.2. The Hall–Kier alpha value is -8.03. The number of thioether (sulfide) groups is 1. The second-order valence-corrected chi connectivity index (χ2v) is 23.4. The predicted octanol–water partition coefficient (Wildman–Crippen LogP) is 0.491. The first kappa shape index (κ1) is 67.1. The number of hydrogen-bond donors (Lipinski definition) is 12. The van der Waals surface area contributed by atoms with Gasteiger partial charge in [-0.3, -0.25) is 48.1 Å². The molecule has 17 N–H and O–H groups in total. The third-order valence-electron chi connectivity index (χ3n) is 15.6. The number of primary amides is 1. The van der Waals surface area contributed by atoms with Crippen LogP contribution in [0.25, 0.3) is 10.9 Å². The molecule has 2 saturated heterocycles. The number of amides is 9. The van der Waals surface area contributed by atoms with Gasteiger partial charge in [-0.1, -0.05) is 92.7 Å². The van der Waals surface area contributed by atoms with Crippen molar-refractivity contribution in [2.24, 2.45) is 39.6 Å². The monoisotopic (exact) mass is 1210 g/mol. The number of benzene rings is 3. The summed E-state index contributed by atoms with van der Waals surface area (Å²) in [4.78, 5) is 139. The number of nitrogens with two attached hydrogens (primary N) is 5. The lowest BCUT2D eigenvalue weighted by Crippen LogP contribution is -2.61. The number of guanidine groups is 1. The smallest absolute Gasteiger partial charge is 0.245 e. The van der Waals surface area contributed by atoms with Gasteiger partial charge in [-0.25, -0.2) is 0 Å². The van der Waals surface area contributed by atoms with Gasteiger partial charge in [-0.2, -0.15) is 11.8 Å². The molecule has 9 atom stereocenters. The molecule has 2 fully saturated rings. The Balaban J connectivity index is 1.30. The number of H-pyrrole nitrogens is 1. The molecule has 0 spiro atoms. The number of unbranched alkanes of at least 4 members (excludes halogenated alkanes) is 1. The Bertz CT molecular complexity index is 2960. The van der Waals surface area contributed by atoms with Crippen LogP contribution in [0.5, 0.6) is 0 Å². The van der Waals surface area contributed by atoms with Gasteiger partial charge in [0.25, 0.3) is 0 Å². The standard InChI is InChI=1S/C61H87N15O9S/c1-37(2)51(52(64)77)74-58(83)50-26-16-31-76(50)60(85)45(23-12-13-28-62)70-55(80)46(33-38-17-6-4-7-18-38)71-56(81)48(35-40-36-68-43-22-11-10-21-41(40)43)72-53(78)44(24-14-29-67-61(65)66)69-54(79)47(34-39-19-8-5-9-20-39)73-57(82)49-25-15-30-75(49)59(84)42(63)27-32-86-3/h4-11,17-22,36-37,42,44-51,68H,12-16,23-35,62-63H2,1-3H3,(H2,64,77)(H,69,79)(H,70,80)(H,71,81)(H,72,78)(H,73,82)(H,74,83)(H4,65,66,67). The van der Waals surface area contributed by atoms with Gasteiger partial charge in [-0.15, -0.1) is 0 Å². The molecule has 25 heteroatoms. The SMILES string of the molecule is CSCCC(N)C(=O)N1CCCC1C(=O)NC(Cc1ccccc1)C(=O)NC(CCCN=C(N)N)C(=O)NC(Cc1c[nH]c2ccccc12)C(=O)NC(Cc1ccccc1)C(=O)NC(CCCCN)C(=O)N1CCCC1C(=O)NC(C(N)=O)C(C)C. The van der Waals surface area contributed by atoms with E-state index in [1.807, 2.05) is 36.6 Å². The topological polar surface area (TPSA) is 391 Å². The number of aliphatic imine (C=N–C) groups is 1. The molecule has 3 aromatic carbocycles. The first-order valence-electron chi connectivity index (χ1n) is 29.6. The van der Waals surface area contributed by atoms with E-state index in [0.29, 0.717) is 80.5 Å². The number of fused-ring (bicyclic) bond motifs is 1. The van der Waals surface area contributed by atoms with E-state index in [9.17, 15) is 33.6 Å². The summed E-state index contributed by atoms with van der Waals surface area (Å²) in [5.41, 5.74) is 31.9. The summed E-state index contributed by atoms with van der Waals surface area (Å²) in [7, 11) is 0. The molecule has 1 aromatic heterocycles. The van der Waals surface area contributed by atoms with Crippen LogP contribution in [0, 0.1) is 5.92 Å². The Morgan fingerprint density at radius 2 is 1.10 bits per heavy atom. The lowest BCUT2D eigenvalue weighted by atomic mass is 10.00. The number of para-hydroxylation sites is 1. The highest BCUT2D eigenvalue weighted by Crippen LogP contribution is 2.24. The lowest BCUT2D eigenvalue weighted by molar-refractivity contribution is -0.142. The van der Waals surface area contributed by atoms with Crippen molar-refractivity contribution in [2.75, 3.05) is 38.2 Å². The van der Waals surface area contributed by atoms with Crippen molar-refractivity contribution in [1.29, 1.82) is 0 Å². The maximum Gasteiger partial charge on any atom is 0.245 e. The number of nitrogens with one attached hydrogen (secondary N) is 7. The Morgan fingerprint density at radius 3 is 1.66 bits per heavy atom. The van der Waals surface area contributed by atoms with Crippen LogP contribution in [-0.2, 0) is 62.4 Å². The van der Waals surface area contributed by atoms with Crippen LogP contribution in [-0.4, -0.2) is 166 Å². The van der Waals surface area contributed by atoms with E-state index in [0.717, 1.165) is 10.9 Å². The zero-order chi connectivity index (χ0) is 62.3. The molecule has 0 aliphatic carbocycles. The summed E-state index contributed by atoms with van der Waals surface area (Å²) in [6.45, 7) is 4.39. The van der Waals surface area contributed by atoms with Crippen LogP contribution in [0.15, 0.2) is 96.1 Å². The number of rotatable bonds is 33. The van der Waals surface area contributed by atoms with Gasteiger partial charge >= 0.3 is 0 Å². The normalized spacial score (nSPS) is 17.3. The van der Waals surface area contributed by atoms with Crippen LogP contribution in [0.4, 0.5) is 0 Å². The van der Waals surface area contributed by atoms with Crippen molar-refractivity contribution in [1.82, 2.24) is 46.7 Å². The van der Waals surface area contributed by atoms with E-state index in [4.69, 9.17) is 28.7 Å². The fourth-order valence-corrected chi connectivity index (χ4v) is 11.4. The van der Waals surface area contributed by atoms with Crippen molar-refractivity contribution in [3.8, 4) is 0 Å². The molecule has 2 aliphatic heterocycles. The molecule has 2 aliphatic rings. The number of likely N-dealkylation sites (tertiary alicyclic amines) is 2. The minimum absolute atomic E-state index is 0.00815. The number of aromatic amines is 1. The van der Waals surface area contributed by atoms with Gasteiger partial charge in [0, 0.05) is 56.0 Å². The second kappa shape index (κ2) is 33.6. The number of aromatic nitrogens is 1. The fraction of sp³-hybridized carbons (Fsp3) is 0.508. The quantitative estimate of drug-likeness (QED) is 0.0176. The second-order valence-electron chi connectivity index (χ2n) is 22.4. The first-order chi connectivity index (χ1) is 41.3. The van der Waals surface area contributed by atoms with Crippen LogP contribution in [0.1, 0.15) is 94.7 Å². The molecule has 466 valence electrons. The van der Waals surface area contributed by atoms with Gasteiger partial charge in [0.05, 0.1) is 6.04 Å². The van der Waals surface area contributed by atoms with Gasteiger partial charge < -0.3 is 75.4 Å². The molecular weight excluding hydrogens is 1120 g/mol. The van der Waals surface area contributed by atoms with E-state index in [1.54, 1.807) is 86.4 Å². The summed E-state index contributed by atoms with van der Waals surface area (Å²) in [6, 6.07) is 15.1. The predicted molar refractivity (Wildman–Crippen MR) is 331 cm³/mol.